The van der Waals surface area contributed by atoms with Crippen LogP contribution in [0.1, 0.15) is 310 Å². The van der Waals surface area contributed by atoms with E-state index < -0.39 is 6.10 Å². The quantitative estimate of drug-likeness (QED) is 0.0261. The molecule has 0 aliphatic heterocycles. The number of esters is 3. The average Bonchev–Trinajstić information content (AvgIpc) is 3.38. The van der Waals surface area contributed by atoms with Gasteiger partial charge >= 0.3 is 17.9 Å². The molecule has 0 aliphatic carbocycles. The van der Waals surface area contributed by atoms with Crippen molar-refractivity contribution in [3.63, 3.8) is 0 Å². The zero-order chi connectivity index (χ0) is 52.2. The number of carbonyl (C=O) groups is 3. The van der Waals surface area contributed by atoms with Crippen molar-refractivity contribution in [1.82, 2.24) is 0 Å². The molecule has 0 saturated heterocycles. The second kappa shape index (κ2) is 60.4. The van der Waals surface area contributed by atoms with E-state index in [1.165, 1.54) is 161 Å². The molecule has 1 atom stereocenters. The van der Waals surface area contributed by atoms with Gasteiger partial charge in [0.25, 0.3) is 0 Å². The lowest BCUT2D eigenvalue weighted by molar-refractivity contribution is -0.167. The highest BCUT2D eigenvalue weighted by atomic mass is 16.6. The summed E-state index contributed by atoms with van der Waals surface area (Å²) in [5, 5.41) is 0. The lowest BCUT2D eigenvalue weighted by atomic mass is 10.0. The summed E-state index contributed by atoms with van der Waals surface area (Å²) in [7, 11) is 0. The van der Waals surface area contributed by atoms with E-state index >= 15 is 0 Å². The molecular weight excluding hydrogens is 889 g/mol. The predicted molar refractivity (Wildman–Crippen MR) is 311 cm³/mol. The lowest BCUT2D eigenvalue weighted by Crippen LogP contribution is -2.30. The van der Waals surface area contributed by atoms with Gasteiger partial charge in [0.2, 0.25) is 0 Å². The molecule has 0 N–H and O–H groups in total. The monoisotopic (exact) mass is 1000 g/mol. The third kappa shape index (κ3) is 57.7. The maximum atomic E-state index is 12.9. The zero-order valence-electron chi connectivity index (χ0n) is 47.7. The number of hydrogen-bond donors (Lipinski definition) is 0. The van der Waals surface area contributed by atoms with Crippen molar-refractivity contribution >= 4 is 17.9 Å². The summed E-state index contributed by atoms with van der Waals surface area (Å²) < 4.78 is 16.9. The summed E-state index contributed by atoms with van der Waals surface area (Å²) in [5.74, 6) is -0.889. The largest absolute Gasteiger partial charge is 0.462 e. The second-order valence-electron chi connectivity index (χ2n) is 20.6. The molecule has 1 unspecified atom stereocenters. The smallest absolute Gasteiger partial charge is 0.306 e. The molecule has 416 valence electrons. The maximum absolute atomic E-state index is 12.9. The fourth-order valence-corrected chi connectivity index (χ4v) is 8.82. The van der Waals surface area contributed by atoms with Gasteiger partial charge in [0, 0.05) is 19.3 Å². The molecule has 6 nitrogen and oxygen atoms in total. The molecule has 6 heteroatoms. The van der Waals surface area contributed by atoms with Crippen molar-refractivity contribution in [3.8, 4) is 0 Å². The number of unbranched alkanes of at least 4 members (excludes halogenated alkanes) is 33. The minimum Gasteiger partial charge on any atom is -0.462 e. The Hall–Kier alpha value is -3.15. The number of ether oxygens (including phenoxy) is 3. The molecule has 0 fully saturated rings. The summed E-state index contributed by atoms with van der Waals surface area (Å²) in [4.78, 5) is 38.2. The molecule has 0 spiro atoms. The van der Waals surface area contributed by atoms with Gasteiger partial charge in [-0.25, -0.2) is 0 Å². The first-order valence-electron chi connectivity index (χ1n) is 30.9. The van der Waals surface area contributed by atoms with Crippen LogP contribution < -0.4 is 0 Å². The third-order valence-electron chi connectivity index (χ3n) is 13.4. The lowest BCUT2D eigenvalue weighted by Gasteiger charge is -2.18. The van der Waals surface area contributed by atoms with Crippen LogP contribution in [0.5, 0.6) is 0 Å². The Bertz CT molecular complexity index is 1340. The van der Waals surface area contributed by atoms with Gasteiger partial charge < -0.3 is 14.2 Å². The average molecular weight is 1010 g/mol. The minimum atomic E-state index is -0.784. The van der Waals surface area contributed by atoms with Crippen LogP contribution >= 0.6 is 0 Å². The van der Waals surface area contributed by atoms with Crippen molar-refractivity contribution in [3.05, 3.63) is 72.9 Å². The summed E-state index contributed by atoms with van der Waals surface area (Å²) in [6, 6.07) is 0. The van der Waals surface area contributed by atoms with E-state index in [1.54, 1.807) is 0 Å². The molecule has 0 aromatic rings. The fraction of sp³-hybridized carbons (Fsp3) is 0.773. The first-order valence-corrected chi connectivity index (χ1v) is 30.9. The van der Waals surface area contributed by atoms with Gasteiger partial charge in [0.05, 0.1) is 0 Å². The summed E-state index contributed by atoms with van der Waals surface area (Å²) in [6.45, 7) is 6.54. The normalized spacial score (nSPS) is 12.5. The predicted octanol–water partition coefficient (Wildman–Crippen LogP) is 20.9. The third-order valence-corrected chi connectivity index (χ3v) is 13.4. The second-order valence-corrected chi connectivity index (χ2v) is 20.6. The molecule has 0 radical (unpaired) electrons. The molecule has 0 aromatic carbocycles. The molecule has 0 aliphatic rings. The van der Waals surface area contributed by atoms with Crippen molar-refractivity contribution < 1.29 is 28.6 Å². The van der Waals surface area contributed by atoms with Crippen LogP contribution in [0, 0.1) is 0 Å². The van der Waals surface area contributed by atoms with Gasteiger partial charge in [-0.1, -0.05) is 273 Å². The van der Waals surface area contributed by atoms with E-state index in [4.69, 9.17) is 14.2 Å². The molecule has 0 amide bonds. The highest BCUT2D eigenvalue weighted by Crippen LogP contribution is 2.16. The van der Waals surface area contributed by atoms with E-state index in [9.17, 15) is 14.4 Å². The summed E-state index contributed by atoms with van der Waals surface area (Å²) >= 11 is 0. The van der Waals surface area contributed by atoms with Gasteiger partial charge in [-0.2, -0.15) is 0 Å². The van der Waals surface area contributed by atoms with Crippen LogP contribution in [0.3, 0.4) is 0 Å². The van der Waals surface area contributed by atoms with Crippen LogP contribution in [0.25, 0.3) is 0 Å². The Labute approximate surface area is 446 Å². The Morgan fingerprint density at radius 1 is 0.292 bits per heavy atom. The SMILES string of the molecule is CC/C=C\C/C=C\C/C=C\C/C=C\C/C=C\CCCCCCCC(=O)OCC(COC(=O)CCCCCCCCCCCCCC)OC(=O)CCCCCCCCCCC/C=C\CCCCCCCCCC. The Balaban J connectivity index is 4.35. The highest BCUT2D eigenvalue weighted by molar-refractivity contribution is 5.71. The first kappa shape index (κ1) is 68.8. The van der Waals surface area contributed by atoms with Crippen molar-refractivity contribution in [1.29, 1.82) is 0 Å². The number of allylic oxidation sites excluding steroid dienone is 12. The number of rotatable bonds is 56. The van der Waals surface area contributed by atoms with Crippen LogP contribution in [0.4, 0.5) is 0 Å². The Morgan fingerprint density at radius 2 is 0.542 bits per heavy atom. The molecule has 0 rings (SSSR count). The van der Waals surface area contributed by atoms with Crippen LogP contribution in [0.15, 0.2) is 72.9 Å². The van der Waals surface area contributed by atoms with E-state index in [1.807, 2.05) is 0 Å². The van der Waals surface area contributed by atoms with Crippen LogP contribution in [0.2, 0.25) is 0 Å². The van der Waals surface area contributed by atoms with Crippen molar-refractivity contribution in [2.45, 2.75) is 316 Å². The molecule has 72 heavy (non-hydrogen) atoms. The van der Waals surface area contributed by atoms with E-state index in [0.29, 0.717) is 19.3 Å². The highest BCUT2D eigenvalue weighted by Gasteiger charge is 2.19. The van der Waals surface area contributed by atoms with Gasteiger partial charge in [-0.3, -0.25) is 14.4 Å². The Morgan fingerprint density at radius 3 is 0.861 bits per heavy atom. The van der Waals surface area contributed by atoms with Crippen LogP contribution in [-0.2, 0) is 28.6 Å². The standard InChI is InChI=1S/C66H116O6/c1-4-7-10-13-16-19-22-25-27-29-31-33-35-37-39-41-44-47-50-53-56-59-65(68)71-62-63(61-70-64(67)58-55-52-49-46-43-24-21-18-15-12-9-6-3)72-66(69)60-57-54-51-48-45-42-40-38-36-34-32-30-28-26-23-20-17-14-11-8-5-2/h7,10,16,19,25,27,30-33,37,39,63H,4-6,8-9,11-15,17-18,20-24,26,28-29,34-36,38,40-62H2,1-3H3/b10-7-,19-16-,27-25-,32-30-,33-31-,39-37-. The van der Waals surface area contributed by atoms with Gasteiger partial charge in [0.15, 0.2) is 6.10 Å². The topological polar surface area (TPSA) is 78.9 Å². The molecule has 0 aromatic heterocycles. The maximum Gasteiger partial charge on any atom is 0.306 e. The van der Waals surface area contributed by atoms with E-state index in [2.05, 4.69) is 93.7 Å². The number of hydrogen-bond acceptors (Lipinski definition) is 6. The molecule has 0 saturated carbocycles. The summed E-state index contributed by atoms with van der Waals surface area (Å²) in [6.07, 6.45) is 77.6. The molecular formula is C66H116O6. The minimum absolute atomic E-state index is 0.0798. The van der Waals surface area contributed by atoms with Crippen molar-refractivity contribution in [2.24, 2.45) is 0 Å². The Kier molecular flexibility index (Phi) is 57.8. The summed E-state index contributed by atoms with van der Waals surface area (Å²) in [5.41, 5.74) is 0. The molecule has 0 bridgehead atoms. The van der Waals surface area contributed by atoms with E-state index in [0.717, 1.165) is 109 Å². The number of carbonyl (C=O) groups excluding carboxylic acids is 3. The van der Waals surface area contributed by atoms with E-state index in [-0.39, 0.29) is 31.1 Å². The van der Waals surface area contributed by atoms with Crippen LogP contribution in [-0.4, -0.2) is 37.2 Å². The van der Waals surface area contributed by atoms with Gasteiger partial charge in [-0.05, 0) is 89.9 Å². The zero-order valence-corrected chi connectivity index (χ0v) is 47.7. The fourth-order valence-electron chi connectivity index (χ4n) is 8.82. The van der Waals surface area contributed by atoms with Gasteiger partial charge in [-0.15, -0.1) is 0 Å². The molecule has 0 heterocycles. The first-order chi connectivity index (χ1) is 35.5. The van der Waals surface area contributed by atoms with Crippen molar-refractivity contribution in [2.75, 3.05) is 13.2 Å². The van der Waals surface area contributed by atoms with Gasteiger partial charge in [0.1, 0.15) is 13.2 Å².